The van der Waals surface area contributed by atoms with E-state index in [0.29, 0.717) is 5.92 Å². The zero-order valence-corrected chi connectivity index (χ0v) is 9.62. The summed E-state index contributed by atoms with van der Waals surface area (Å²) in [6, 6.07) is 8.94. The Morgan fingerprint density at radius 3 is 2.25 bits per heavy atom. The normalized spacial score (nSPS) is 12.9. The quantitative estimate of drug-likeness (QED) is 0.696. The van der Waals surface area contributed by atoms with Crippen molar-refractivity contribution in [1.29, 1.82) is 0 Å². The molecule has 0 saturated carbocycles. The van der Waals surface area contributed by atoms with Gasteiger partial charge in [0.05, 0.1) is 0 Å². The molecule has 0 radical (unpaired) electrons. The molecule has 1 heteroatoms. The van der Waals surface area contributed by atoms with Crippen LogP contribution in [0.5, 0.6) is 0 Å². The van der Waals surface area contributed by atoms with Gasteiger partial charge in [0, 0.05) is 0 Å². The van der Waals surface area contributed by atoms with Crippen molar-refractivity contribution in [3.63, 3.8) is 0 Å². The molecule has 0 fully saturated rings. The third-order valence-electron chi connectivity index (χ3n) is 2.34. The van der Waals surface area contributed by atoms with Crippen LogP contribution in [0.25, 0.3) is 0 Å². The molecule has 0 nitrogen and oxygen atoms in total. The molecule has 0 aliphatic heterocycles. The van der Waals surface area contributed by atoms with Gasteiger partial charge in [0.1, 0.15) is 0 Å². The first kappa shape index (κ1) is 9.82. The third kappa shape index (κ3) is 2.36. The molecule has 1 atom stereocenters. The predicted molar refractivity (Wildman–Crippen MR) is 56.0 cm³/mol. The Kier molecular flexibility index (Phi) is 3.84. The molecule has 0 bridgehead atoms. The van der Waals surface area contributed by atoms with Gasteiger partial charge < -0.3 is 0 Å². The first-order chi connectivity index (χ1) is 5.77. The van der Waals surface area contributed by atoms with Gasteiger partial charge in [-0.1, -0.05) is 0 Å². The third-order valence-corrected chi connectivity index (χ3v) is 3.11. The first-order valence-corrected chi connectivity index (χ1v) is 5.80. The van der Waals surface area contributed by atoms with E-state index >= 15 is 0 Å². The van der Waals surface area contributed by atoms with E-state index in [9.17, 15) is 0 Å². The van der Waals surface area contributed by atoms with Gasteiger partial charge >= 0.3 is 82.9 Å². The van der Waals surface area contributed by atoms with E-state index in [1.165, 1.54) is 17.5 Å². The maximum atomic E-state index is 2.61. The van der Waals surface area contributed by atoms with Crippen molar-refractivity contribution in [1.82, 2.24) is 0 Å². The van der Waals surface area contributed by atoms with Crippen LogP contribution in [-0.2, 0) is 5.32 Å². The molecule has 66 valence electrons. The van der Waals surface area contributed by atoms with Crippen LogP contribution in [0.1, 0.15) is 37.3 Å². The summed E-state index contributed by atoms with van der Waals surface area (Å²) in [5.41, 5.74) is 2.87. The summed E-state index contributed by atoms with van der Waals surface area (Å²) in [6.07, 6.45) is 1.22. The molecule has 12 heavy (non-hydrogen) atoms. The fourth-order valence-corrected chi connectivity index (χ4v) is 1.63. The van der Waals surface area contributed by atoms with E-state index < -0.39 is 0 Å². The molecule has 0 heterocycles. The zero-order chi connectivity index (χ0) is 8.97. The summed E-state index contributed by atoms with van der Waals surface area (Å²) >= 11 is 2.61. The maximum absolute atomic E-state index is 2.61. The second-order valence-electron chi connectivity index (χ2n) is 3.21. The van der Waals surface area contributed by atoms with Gasteiger partial charge in [-0.15, -0.1) is 0 Å². The molecule has 0 spiro atoms. The molecular formula is C11H16Se. The van der Waals surface area contributed by atoms with Gasteiger partial charge in [0.25, 0.3) is 0 Å². The Morgan fingerprint density at radius 1 is 1.25 bits per heavy atom. The van der Waals surface area contributed by atoms with Crippen LogP contribution in [0.4, 0.5) is 0 Å². The minimum atomic E-state index is 0.699. The first-order valence-electron chi connectivity index (χ1n) is 4.47. The van der Waals surface area contributed by atoms with Crippen molar-refractivity contribution in [2.75, 3.05) is 0 Å². The van der Waals surface area contributed by atoms with Gasteiger partial charge in [-0.3, -0.25) is 0 Å². The molecule has 0 aliphatic carbocycles. The van der Waals surface area contributed by atoms with E-state index in [-0.39, 0.29) is 0 Å². The number of hydrogen-bond acceptors (Lipinski definition) is 0. The van der Waals surface area contributed by atoms with Gasteiger partial charge in [-0.05, 0) is 0 Å². The second kappa shape index (κ2) is 4.69. The average Bonchev–Trinajstić information content (AvgIpc) is 2.17. The summed E-state index contributed by atoms with van der Waals surface area (Å²) in [7, 11) is 0. The molecule has 0 N–H and O–H groups in total. The molecule has 0 amide bonds. The van der Waals surface area contributed by atoms with Crippen molar-refractivity contribution in [3.8, 4) is 0 Å². The van der Waals surface area contributed by atoms with Crippen LogP contribution >= 0.6 is 0 Å². The van der Waals surface area contributed by atoms with Crippen molar-refractivity contribution in [3.05, 3.63) is 35.4 Å². The van der Waals surface area contributed by atoms with Crippen molar-refractivity contribution >= 4 is 16.0 Å². The van der Waals surface area contributed by atoms with Crippen LogP contribution in [-0.4, -0.2) is 16.0 Å². The van der Waals surface area contributed by atoms with Gasteiger partial charge in [-0.25, -0.2) is 0 Å². The Morgan fingerprint density at radius 2 is 1.83 bits per heavy atom. The summed E-state index contributed by atoms with van der Waals surface area (Å²) in [5, 5.41) is 1.08. The van der Waals surface area contributed by atoms with Crippen LogP contribution in [0.3, 0.4) is 0 Å². The molecule has 0 saturated heterocycles. The standard InChI is InChI=1S/C11H16Se/c1-3-9(2)11-6-4-10(8-12)5-7-11/h4-7,9,12H,3,8H2,1-2H3. The molecule has 1 aromatic rings. The fourth-order valence-electron chi connectivity index (χ4n) is 1.19. The second-order valence-corrected chi connectivity index (χ2v) is 3.87. The average molecular weight is 227 g/mol. The van der Waals surface area contributed by atoms with E-state index in [1.54, 1.807) is 0 Å². The Labute approximate surface area is 83.2 Å². The van der Waals surface area contributed by atoms with E-state index in [4.69, 9.17) is 0 Å². The summed E-state index contributed by atoms with van der Waals surface area (Å²) in [4.78, 5) is 0. The molecular weight excluding hydrogens is 211 g/mol. The summed E-state index contributed by atoms with van der Waals surface area (Å²) < 4.78 is 0. The van der Waals surface area contributed by atoms with Crippen LogP contribution in [0.2, 0.25) is 0 Å². The number of hydrogen-bond donors (Lipinski definition) is 0. The molecule has 0 aliphatic rings. The fraction of sp³-hybridized carbons (Fsp3) is 0.455. The van der Waals surface area contributed by atoms with Crippen molar-refractivity contribution in [2.24, 2.45) is 0 Å². The van der Waals surface area contributed by atoms with Crippen molar-refractivity contribution in [2.45, 2.75) is 31.5 Å². The van der Waals surface area contributed by atoms with E-state index in [1.807, 2.05) is 0 Å². The van der Waals surface area contributed by atoms with Crippen LogP contribution in [0, 0.1) is 0 Å². The minimum absolute atomic E-state index is 0.699. The van der Waals surface area contributed by atoms with Gasteiger partial charge in [0.15, 0.2) is 0 Å². The molecule has 1 unspecified atom stereocenters. The van der Waals surface area contributed by atoms with E-state index in [0.717, 1.165) is 5.32 Å². The van der Waals surface area contributed by atoms with Crippen LogP contribution < -0.4 is 0 Å². The Balaban J connectivity index is 2.77. The summed E-state index contributed by atoms with van der Waals surface area (Å²) in [5.74, 6) is 0.699. The number of rotatable bonds is 3. The van der Waals surface area contributed by atoms with Crippen molar-refractivity contribution < 1.29 is 0 Å². The zero-order valence-electron chi connectivity index (χ0n) is 7.75. The predicted octanol–water partition coefficient (Wildman–Crippen LogP) is 2.60. The Hall–Kier alpha value is -0.261. The van der Waals surface area contributed by atoms with E-state index in [2.05, 4.69) is 54.1 Å². The molecule has 1 aromatic carbocycles. The topological polar surface area (TPSA) is 0 Å². The van der Waals surface area contributed by atoms with Gasteiger partial charge in [0.2, 0.25) is 0 Å². The van der Waals surface area contributed by atoms with Crippen LogP contribution in [0.15, 0.2) is 24.3 Å². The monoisotopic (exact) mass is 228 g/mol. The van der Waals surface area contributed by atoms with Gasteiger partial charge in [-0.2, -0.15) is 0 Å². The summed E-state index contributed by atoms with van der Waals surface area (Å²) in [6.45, 7) is 4.51. The molecule has 0 aromatic heterocycles. The Bertz CT molecular complexity index is 225. The molecule has 1 rings (SSSR count). The number of benzene rings is 1. The SMILES string of the molecule is CCC(C)c1ccc(C[SeH])cc1.